The Labute approximate surface area is 179 Å². The number of nitrogens with one attached hydrogen (secondary N) is 1. The zero-order chi connectivity index (χ0) is 19.9. The van der Waals surface area contributed by atoms with E-state index in [1.54, 1.807) is 22.7 Å². The number of hydrogen-bond acceptors (Lipinski definition) is 4. The molecule has 0 spiro atoms. The normalized spacial score (nSPS) is 10.9. The minimum atomic E-state index is 0.0204. The van der Waals surface area contributed by atoms with Crippen molar-refractivity contribution in [1.82, 2.24) is 10.3 Å². The van der Waals surface area contributed by atoms with Crippen molar-refractivity contribution >= 4 is 28.6 Å². The maximum absolute atomic E-state index is 12.4. The second-order valence-corrected chi connectivity index (χ2v) is 8.48. The third-order valence-corrected chi connectivity index (χ3v) is 6.44. The first-order chi connectivity index (χ1) is 14.3. The molecule has 0 atom stereocenters. The minimum Gasteiger partial charge on any atom is -0.356 e. The molecule has 4 aromatic rings. The van der Waals surface area contributed by atoms with Crippen molar-refractivity contribution in [2.24, 2.45) is 0 Å². The summed E-state index contributed by atoms with van der Waals surface area (Å²) in [5.74, 6) is 0.286. The highest BCUT2D eigenvalue weighted by atomic mass is 32.1. The molecule has 0 unspecified atom stereocenters. The number of rotatable bonds is 8. The Kier molecular flexibility index (Phi) is 6.49. The van der Waals surface area contributed by atoms with Crippen LogP contribution in [0.5, 0.6) is 0 Å². The number of aromatic nitrogens is 1. The lowest BCUT2D eigenvalue weighted by molar-refractivity contribution is -0.120. The van der Waals surface area contributed by atoms with E-state index in [0.717, 1.165) is 22.7 Å². The van der Waals surface area contributed by atoms with Gasteiger partial charge in [0.1, 0.15) is 5.01 Å². The van der Waals surface area contributed by atoms with Crippen molar-refractivity contribution in [2.75, 3.05) is 6.54 Å². The minimum absolute atomic E-state index is 0.0204. The summed E-state index contributed by atoms with van der Waals surface area (Å²) in [5, 5.41) is 10.1. The van der Waals surface area contributed by atoms with Crippen LogP contribution in [0, 0.1) is 0 Å². The average Bonchev–Trinajstić information content (AvgIpc) is 3.44. The highest BCUT2D eigenvalue weighted by molar-refractivity contribution is 7.14. The molecule has 5 heteroatoms. The smallest absolute Gasteiger partial charge is 0.226 e. The molecular formula is C24H22N2OS2. The Hall–Kier alpha value is -2.76. The Balaban J connectivity index is 1.34. The van der Waals surface area contributed by atoms with Crippen molar-refractivity contribution in [3.63, 3.8) is 0 Å². The summed E-state index contributed by atoms with van der Waals surface area (Å²) in [6, 6.07) is 23.0. The second-order valence-electron chi connectivity index (χ2n) is 6.85. The first-order valence-electron chi connectivity index (χ1n) is 9.63. The summed E-state index contributed by atoms with van der Waals surface area (Å²) in [4.78, 5) is 17.0. The molecule has 146 valence electrons. The standard InChI is InChI=1S/C24H22N2OS2/c27-23(15-21-17-29-24(26-21)20-12-14-28-16-20)25-13-11-22(18-7-3-1-4-8-18)19-9-5-2-6-10-19/h1-10,12,14,16-17,22H,11,13,15H2,(H,25,27). The third kappa shape index (κ3) is 5.19. The van der Waals surface area contributed by atoms with Crippen molar-refractivity contribution in [2.45, 2.75) is 18.8 Å². The van der Waals surface area contributed by atoms with Crippen LogP contribution in [0.3, 0.4) is 0 Å². The number of carbonyl (C=O) groups is 1. The molecule has 0 fully saturated rings. The molecule has 0 aliphatic rings. The molecule has 2 aromatic carbocycles. The number of hydrogen-bond donors (Lipinski definition) is 1. The quantitative estimate of drug-likeness (QED) is 0.396. The zero-order valence-electron chi connectivity index (χ0n) is 16.0. The van der Waals surface area contributed by atoms with Crippen LogP contribution in [-0.2, 0) is 11.2 Å². The van der Waals surface area contributed by atoms with Crippen molar-refractivity contribution in [3.8, 4) is 10.6 Å². The van der Waals surface area contributed by atoms with Crippen LogP contribution < -0.4 is 5.32 Å². The number of nitrogens with zero attached hydrogens (tertiary/aromatic N) is 1. The van der Waals surface area contributed by atoms with E-state index in [1.165, 1.54) is 11.1 Å². The van der Waals surface area contributed by atoms with Crippen LogP contribution in [0.25, 0.3) is 10.6 Å². The molecular weight excluding hydrogens is 396 g/mol. The Morgan fingerprint density at radius 3 is 2.24 bits per heavy atom. The molecule has 1 N–H and O–H groups in total. The molecule has 0 aliphatic carbocycles. The largest absolute Gasteiger partial charge is 0.356 e. The summed E-state index contributed by atoms with van der Waals surface area (Å²) >= 11 is 3.24. The second kappa shape index (κ2) is 9.63. The summed E-state index contributed by atoms with van der Waals surface area (Å²) in [6.45, 7) is 0.634. The molecule has 1 amide bonds. The van der Waals surface area contributed by atoms with Gasteiger partial charge in [-0.3, -0.25) is 4.79 Å². The molecule has 0 saturated carbocycles. The van der Waals surface area contributed by atoms with Gasteiger partial charge in [-0.25, -0.2) is 4.98 Å². The van der Waals surface area contributed by atoms with Gasteiger partial charge >= 0.3 is 0 Å². The van der Waals surface area contributed by atoms with Crippen molar-refractivity contribution in [1.29, 1.82) is 0 Å². The average molecular weight is 419 g/mol. The lowest BCUT2D eigenvalue weighted by atomic mass is 9.88. The maximum Gasteiger partial charge on any atom is 0.226 e. The molecule has 0 saturated heterocycles. The van der Waals surface area contributed by atoms with Gasteiger partial charge in [-0.15, -0.1) is 11.3 Å². The topological polar surface area (TPSA) is 42.0 Å². The van der Waals surface area contributed by atoms with Gasteiger partial charge in [-0.2, -0.15) is 11.3 Å². The summed E-state index contributed by atoms with van der Waals surface area (Å²) in [7, 11) is 0. The number of carbonyl (C=O) groups excluding carboxylic acids is 1. The van der Waals surface area contributed by atoms with Crippen LogP contribution in [0.1, 0.15) is 29.2 Å². The first-order valence-corrected chi connectivity index (χ1v) is 11.5. The molecule has 2 aromatic heterocycles. The van der Waals surface area contributed by atoms with E-state index in [0.29, 0.717) is 13.0 Å². The lowest BCUT2D eigenvalue weighted by Crippen LogP contribution is -2.27. The maximum atomic E-state index is 12.4. The third-order valence-electron chi connectivity index (χ3n) is 4.82. The van der Waals surface area contributed by atoms with Crippen LogP contribution in [0.2, 0.25) is 0 Å². The van der Waals surface area contributed by atoms with Gasteiger partial charge in [-0.05, 0) is 29.0 Å². The number of thiazole rings is 1. The Morgan fingerprint density at radius 2 is 1.62 bits per heavy atom. The number of thiophene rings is 1. The Bertz CT molecular complexity index is 988. The molecule has 4 rings (SSSR count). The van der Waals surface area contributed by atoms with Gasteiger partial charge in [0.2, 0.25) is 5.91 Å². The van der Waals surface area contributed by atoms with Gasteiger partial charge in [0.05, 0.1) is 12.1 Å². The zero-order valence-corrected chi connectivity index (χ0v) is 17.6. The molecule has 0 bridgehead atoms. The van der Waals surface area contributed by atoms with E-state index < -0.39 is 0 Å². The van der Waals surface area contributed by atoms with Crippen LogP contribution >= 0.6 is 22.7 Å². The molecule has 0 aliphatic heterocycles. The fourth-order valence-electron chi connectivity index (χ4n) is 3.39. The molecule has 0 radical (unpaired) electrons. The molecule has 3 nitrogen and oxygen atoms in total. The predicted octanol–water partition coefficient (Wildman–Crippen LogP) is 5.75. The van der Waals surface area contributed by atoms with Crippen molar-refractivity contribution in [3.05, 3.63) is 99.7 Å². The van der Waals surface area contributed by atoms with Gasteiger partial charge < -0.3 is 5.32 Å². The SMILES string of the molecule is O=C(Cc1csc(-c2ccsc2)n1)NCCC(c1ccccc1)c1ccccc1. The summed E-state index contributed by atoms with van der Waals surface area (Å²) < 4.78 is 0. The van der Waals surface area contributed by atoms with E-state index in [2.05, 4.69) is 70.3 Å². The van der Waals surface area contributed by atoms with Crippen LogP contribution in [-0.4, -0.2) is 17.4 Å². The van der Waals surface area contributed by atoms with Gasteiger partial charge in [-0.1, -0.05) is 60.7 Å². The fraction of sp³-hybridized carbons (Fsp3) is 0.167. The highest BCUT2D eigenvalue weighted by Crippen LogP contribution is 2.28. The Morgan fingerprint density at radius 1 is 0.931 bits per heavy atom. The van der Waals surface area contributed by atoms with E-state index >= 15 is 0 Å². The van der Waals surface area contributed by atoms with E-state index in [1.807, 2.05) is 22.9 Å². The van der Waals surface area contributed by atoms with Crippen LogP contribution in [0.15, 0.2) is 82.9 Å². The van der Waals surface area contributed by atoms with Gasteiger partial charge in [0, 0.05) is 28.8 Å². The van der Waals surface area contributed by atoms with Crippen LogP contribution in [0.4, 0.5) is 0 Å². The van der Waals surface area contributed by atoms with E-state index in [4.69, 9.17) is 0 Å². The first kappa shape index (κ1) is 19.6. The number of benzene rings is 2. The fourth-order valence-corrected chi connectivity index (χ4v) is 4.92. The lowest BCUT2D eigenvalue weighted by Gasteiger charge is -2.18. The van der Waals surface area contributed by atoms with E-state index in [9.17, 15) is 4.79 Å². The van der Waals surface area contributed by atoms with Crippen molar-refractivity contribution < 1.29 is 4.79 Å². The van der Waals surface area contributed by atoms with Gasteiger partial charge in [0.25, 0.3) is 0 Å². The summed E-state index contributed by atoms with van der Waals surface area (Å²) in [6.07, 6.45) is 1.18. The molecule has 29 heavy (non-hydrogen) atoms. The summed E-state index contributed by atoms with van der Waals surface area (Å²) in [5.41, 5.74) is 4.50. The van der Waals surface area contributed by atoms with Gasteiger partial charge in [0.15, 0.2) is 0 Å². The highest BCUT2D eigenvalue weighted by Gasteiger charge is 2.15. The number of amides is 1. The monoisotopic (exact) mass is 418 g/mol. The molecule has 2 heterocycles. The van der Waals surface area contributed by atoms with E-state index in [-0.39, 0.29) is 11.8 Å². The predicted molar refractivity (Wildman–Crippen MR) is 121 cm³/mol.